The normalized spacial score (nSPS) is 11.2. The lowest BCUT2D eigenvalue weighted by atomic mass is 10.1. The molecule has 1 heterocycles. The predicted octanol–water partition coefficient (Wildman–Crippen LogP) is 2.92. The van der Waals surface area contributed by atoms with Crippen LogP contribution in [-0.2, 0) is 12.6 Å². The van der Waals surface area contributed by atoms with E-state index in [2.05, 4.69) is 15.5 Å². The lowest BCUT2D eigenvalue weighted by molar-refractivity contribution is -0.137. The van der Waals surface area contributed by atoms with E-state index in [1.165, 1.54) is 12.1 Å². The number of aromatic nitrogens is 2. The van der Waals surface area contributed by atoms with Crippen molar-refractivity contribution in [2.45, 2.75) is 19.5 Å². The van der Waals surface area contributed by atoms with Crippen LogP contribution in [0.1, 0.15) is 22.8 Å². The summed E-state index contributed by atoms with van der Waals surface area (Å²) >= 11 is 0. The number of hydrogen-bond donors (Lipinski definition) is 1. The molecule has 0 unspecified atom stereocenters. The Morgan fingerprint density at radius 3 is 2.71 bits per heavy atom. The van der Waals surface area contributed by atoms with Gasteiger partial charge in [-0.05, 0) is 25.1 Å². The van der Waals surface area contributed by atoms with Crippen LogP contribution in [0.2, 0.25) is 0 Å². The van der Waals surface area contributed by atoms with Crippen LogP contribution in [-0.4, -0.2) is 16.7 Å². The summed E-state index contributed by atoms with van der Waals surface area (Å²) in [4.78, 5) is 3.99. The van der Waals surface area contributed by atoms with Crippen molar-refractivity contribution in [1.29, 1.82) is 5.26 Å². The first-order valence-electron chi connectivity index (χ1n) is 6.04. The van der Waals surface area contributed by atoms with Crippen LogP contribution < -0.4 is 5.32 Å². The Kier molecular flexibility index (Phi) is 4.12. The third kappa shape index (κ3) is 3.72. The van der Waals surface area contributed by atoms with Gasteiger partial charge in [-0.2, -0.15) is 23.4 Å². The standard InChI is InChI=1S/C13H11F3N4O/c1-8-19-12(21-20-8)4-5-18-10-3-2-9(7-17)11(6-10)13(14,15)16/h2-3,6,18H,4-5H2,1H3. The molecule has 2 rings (SSSR count). The van der Waals surface area contributed by atoms with Crippen LogP contribution in [0, 0.1) is 18.3 Å². The number of aryl methyl sites for hydroxylation is 1. The van der Waals surface area contributed by atoms with Gasteiger partial charge in [-0.3, -0.25) is 0 Å². The van der Waals surface area contributed by atoms with Gasteiger partial charge in [0.1, 0.15) is 0 Å². The number of benzene rings is 1. The fourth-order valence-electron chi connectivity index (χ4n) is 1.74. The van der Waals surface area contributed by atoms with Crippen LogP contribution in [0.3, 0.4) is 0 Å². The number of rotatable bonds is 4. The van der Waals surface area contributed by atoms with E-state index in [1.807, 2.05) is 0 Å². The average molecular weight is 296 g/mol. The van der Waals surface area contributed by atoms with Gasteiger partial charge >= 0.3 is 6.18 Å². The van der Waals surface area contributed by atoms with Gasteiger partial charge in [0.2, 0.25) is 5.89 Å². The average Bonchev–Trinajstić information content (AvgIpc) is 2.83. The van der Waals surface area contributed by atoms with E-state index in [0.29, 0.717) is 24.7 Å². The van der Waals surface area contributed by atoms with E-state index in [0.717, 1.165) is 12.1 Å². The number of nitrogens with one attached hydrogen (secondary N) is 1. The largest absolute Gasteiger partial charge is 0.417 e. The highest BCUT2D eigenvalue weighted by atomic mass is 19.4. The van der Waals surface area contributed by atoms with Gasteiger partial charge in [0.05, 0.1) is 17.2 Å². The van der Waals surface area contributed by atoms with Crippen LogP contribution >= 0.6 is 0 Å². The highest BCUT2D eigenvalue weighted by molar-refractivity contribution is 5.53. The van der Waals surface area contributed by atoms with Gasteiger partial charge in [-0.25, -0.2) is 0 Å². The zero-order valence-corrected chi connectivity index (χ0v) is 11.0. The van der Waals surface area contributed by atoms with Crippen molar-refractivity contribution in [2.75, 3.05) is 11.9 Å². The maximum atomic E-state index is 12.8. The molecule has 1 N–H and O–H groups in total. The van der Waals surface area contributed by atoms with Crippen molar-refractivity contribution in [3.05, 3.63) is 41.0 Å². The number of halogens is 3. The van der Waals surface area contributed by atoms with Gasteiger partial charge in [0.15, 0.2) is 5.82 Å². The number of anilines is 1. The second-order valence-corrected chi connectivity index (χ2v) is 4.28. The zero-order chi connectivity index (χ0) is 15.5. The summed E-state index contributed by atoms with van der Waals surface area (Å²) in [6.45, 7) is 2.02. The summed E-state index contributed by atoms with van der Waals surface area (Å²) < 4.78 is 43.3. The molecule has 8 heteroatoms. The third-order valence-corrected chi connectivity index (χ3v) is 2.68. The molecule has 0 bridgehead atoms. The molecule has 0 radical (unpaired) electrons. The third-order valence-electron chi connectivity index (χ3n) is 2.68. The van der Waals surface area contributed by atoms with Crippen molar-refractivity contribution >= 4 is 5.69 Å². The molecule has 1 aromatic carbocycles. The SMILES string of the molecule is Cc1noc(CCNc2ccc(C#N)c(C(F)(F)F)c2)n1. The second kappa shape index (κ2) is 5.83. The first-order valence-corrected chi connectivity index (χ1v) is 6.04. The molecule has 0 aliphatic carbocycles. The van der Waals surface area contributed by atoms with Crippen molar-refractivity contribution < 1.29 is 17.7 Å². The summed E-state index contributed by atoms with van der Waals surface area (Å²) in [7, 11) is 0. The molecule has 0 atom stereocenters. The molecule has 0 spiro atoms. The predicted molar refractivity (Wildman–Crippen MR) is 67.4 cm³/mol. The number of nitrogens with zero attached hydrogens (tertiary/aromatic N) is 3. The molecule has 0 saturated carbocycles. The maximum absolute atomic E-state index is 12.8. The highest BCUT2D eigenvalue weighted by Crippen LogP contribution is 2.33. The Bertz CT molecular complexity index is 673. The minimum Gasteiger partial charge on any atom is -0.385 e. The minimum absolute atomic E-state index is 0.276. The molecule has 0 aliphatic rings. The molecular weight excluding hydrogens is 285 g/mol. The Morgan fingerprint density at radius 1 is 1.38 bits per heavy atom. The molecule has 110 valence electrons. The Balaban J connectivity index is 2.06. The fourth-order valence-corrected chi connectivity index (χ4v) is 1.74. The van der Waals surface area contributed by atoms with Crippen molar-refractivity contribution in [3.63, 3.8) is 0 Å². The lowest BCUT2D eigenvalue weighted by Crippen LogP contribution is -2.10. The van der Waals surface area contributed by atoms with Gasteiger partial charge in [0.25, 0.3) is 0 Å². The van der Waals surface area contributed by atoms with E-state index in [4.69, 9.17) is 9.78 Å². The van der Waals surface area contributed by atoms with Gasteiger partial charge in [-0.15, -0.1) is 0 Å². The summed E-state index contributed by atoms with van der Waals surface area (Å²) in [5, 5.41) is 15.1. The number of alkyl halides is 3. The summed E-state index contributed by atoms with van der Waals surface area (Å²) in [5.41, 5.74) is -1.08. The van der Waals surface area contributed by atoms with Gasteiger partial charge in [0, 0.05) is 18.7 Å². The molecule has 5 nitrogen and oxygen atoms in total. The van der Waals surface area contributed by atoms with Crippen molar-refractivity contribution in [1.82, 2.24) is 10.1 Å². The minimum atomic E-state index is -4.56. The fraction of sp³-hybridized carbons (Fsp3) is 0.308. The second-order valence-electron chi connectivity index (χ2n) is 4.28. The zero-order valence-electron chi connectivity index (χ0n) is 11.0. The van der Waals surface area contributed by atoms with Gasteiger partial charge < -0.3 is 9.84 Å². The van der Waals surface area contributed by atoms with E-state index < -0.39 is 17.3 Å². The molecule has 0 saturated heterocycles. The quantitative estimate of drug-likeness (QED) is 0.939. The Morgan fingerprint density at radius 2 is 2.14 bits per heavy atom. The van der Waals surface area contributed by atoms with Gasteiger partial charge in [-0.1, -0.05) is 5.16 Å². The molecule has 0 aliphatic heterocycles. The monoisotopic (exact) mass is 296 g/mol. The molecule has 0 amide bonds. The highest BCUT2D eigenvalue weighted by Gasteiger charge is 2.33. The summed E-state index contributed by atoms with van der Waals surface area (Å²) in [6.07, 6.45) is -4.17. The Hall–Kier alpha value is -2.56. The van der Waals surface area contributed by atoms with E-state index >= 15 is 0 Å². The van der Waals surface area contributed by atoms with Crippen molar-refractivity contribution in [3.8, 4) is 6.07 Å². The van der Waals surface area contributed by atoms with E-state index in [9.17, 15) is 13.2 Å². The maximum Gasteiger partial charge on any atom is 0.417 e. The molecule has 21 heavy (non-hydrogen) atoms. The van der Waals surface area contributed by atoms with Crippen molar-refractivity contribution in [2.24, 2.45) is 0 Å². The molecule has 0 fully saturated rings. The first-order chi connectivity index (χ1) is 9.90. The Labute approximate surface area is 118 Å². The first kappa shape index (κ1) is 14.8. The topological polar surface area (TPSA) is 74.7 Å². The van der Waals surface area contributed by atoms with E-state index in [-0.39, 0.29) is 5.69 Å². The van der Waals surface area contributed by atoms with Crippen LogP contribution in [0.4, 0.5) is 18.9 Å². The summed E-state index contributed by atoms with van der Waals surface area (Å²) in [5.74, 6) is 0.910. The van der Waals surface area contributed by atoms with E-state index in [1.54, 1.807) is 6.92 Å². The smallest absolute Gasteiger partial charge is 0.385 e. The number of hydrogen-bond acceptors (Lipinski definition) is 5. The molecule has 2 aromatic rings. The lowest BCUT2D eigenvalue weighted by Gasteiger charge is -2.11. The summed E-state index contributed by atoms with van der Waals surface area (Å²) in [6, 6.07) is 5.01. The number of nitriles is 1. The van der Waals surface area contributed by atoms with Crippen LogP contribution in [0.25, 0.3) is 0 Å². The van der Waals surface area contributed by atoms with Crippen LogP contribution in [0.15, 0.2) is 22.7 Å². The molecular formula is C13H11F3N4O. The molecule has 1 aromatic heterocycles. The van der Waals surface area contributed by atoms with Crippen LogP contribution in [0.5, 0.6) is 0 Å².